The lowest BCUT2D eigenvalue weighted by molar-refractivity contribution is -0.121. The number of anilines is 1. The van der Waals surface area contributed by atoms with Gasteiger partial charge in [0.2, 0.25) is 5.91 Å². The highest BCUT2D eigenvalue weighted by Crippen LogP contribution is 2.29. The average molecular weight is 327 g/mol. The molecule has 0 radical (unpaired) electrons. The van der Waals surface area contributed by atoms with Crippen LogP contribution in [-0.2, 0) is 9.53 Å². The van der Waals surface area contributed by atoms with Crippen LogP contribution in [0.5, 0.6) is 5.75 Å². The molecule has 2 amide bonds. The summed E-state index contributed by atoms with van der Waals surface area (Å²) in [7, 11) is 2.89. The number of halogens is 1. The molecule has 1 aromatic rings. The first-order valence-electron chi connectivity index (χ1n) is 7.02. The lowest BCUT2D eigenvalue weighted by Crippen LogP contribution is -2.41. The summed E-state index contributed by atoms with van der Waals surface area (Å²) in [6.07, 6.45) is 0.851. The van der Waals surface area contributed by atoms with Crippen molar-refractivity contribution in [2.45, 2.75) is 12.8 Å². The lowest BCUT2D eigenvalue weighted by Gasteiger charge is -2.30. The Morgan fingerprint density at radius 3 is 2.55 bits per heavy atom. The van der Waals surface area contributed by atoms with Crippen molar-refractivity contribution in [2.75, 3.05) is 32.6 Å². The maximum atomic E-state index is 12.3. The minimum absolute atomic E-state index is 0.0925. The third kappa shape index (κ3) is 3.82. The molecule has 0 atom stereocenters. The Kier molecular flexibility index (Phi) is 5.49. The van der Waals surface area contributed by atoms with Gasteiger partial charge >= 0.3 is 6.09 Å². The van der Waals surface area contributed by atoms with Crippen LogP contribution in [0, 0.1) is 5.92 Å². The minimum Gasteiger partial charge on any atom is -0.495 e. The number of hydrogen-bond acceptors (Lipinski definition) is 4. The zero-order chi connectivity index (χ0) is 16.1. The van der Waals surface area contributed by atoms with E-state index in [2.05, 4.69) is 10.1 Å². The summed E-state index contributed by atoms with van der Waals surface area (Å²) < 4.78 is 9.89. The van der Waals surface area contributed by atoms with E-state index in [1.807, 2.05) is 0 Å². The highest BCUT2D eigenvalue weighted by Gasteiger charge is 2.28. The largest absolute Gasteiger partial charge is 0.495 e. The molecular weight excluding hydrogens is 308 g/mol. The molecule has 1 saturated heterocycles. The van der Waals surface area contributed by atoms with E-state index in [-0.39, 0.29) is 17.9 Å². The fraction of sp³-hybridized carbons (Fsp3) is 0.467. The van der Waals surface area contributed by atoms with Crippen molar-refractivity contribution in [3.8, 4) is 5.75 Å². The number of amides is 2. The fourth-order valence-electron chi connectivity index (χ4n) is 2.47. The monoisotopic (exact) mass is 326 g/mol. The predicted octanol–water partition coefficient (Wildman–Crippen LogP) is 2.77. The number of piperidine rings is 1. The van der Waals surface area contributed by atoms with Gasteiger partial charge in [-0.25, -0.2) is 4.79 Å². The maximum Gasteiger partial charge on any atom is 0.409 e. The van der Waals surface area contributed by atoms with Crippen molar-refractivity contribution in [3.05, 3.63) is 23.2 Å². The summed E-state index contributed by atoms with van der Waals surface area (Å²) in [4.78, 5) is 25.4. The third-order valence-electron chi connectivity index (χ3n) is 3.72. The van der Waals surface area contributed by atoms with Crippen molar-refractivity contribution >= 4 is 29.3 Å². The molecule has 2 rings (SSSR count). The van der Waals surface area contributed by atoms with Gasteiger partial charge in [0.15, 0.2) is 0 Å². The van der Waals surface area contributed by atoms with Crippen LogP contribution >= 0.6 is 11.6 Å². The van der Waals surface area contributed by atoms with Crippen LogP contribution in [0.4, 0.5) is 10.5 Å². The molecule has 1 heterocycles. The Hall–Kier alpha value is -1.95. The number of hydrogen-bond donors (Lipinski definition) is 1. The Morgan fingerprint density at radius 1 is 1.27 bits per heavy atom. The molecule has 1 N–H and O–H groups in total. The lowest BCUT2D eigenvalue weighted by atomic mass is 9.96. The van der Waals surface area contributed by atoms with Crippen LogP contribution in [0.2, 0.25) is 5.02 Å². The number of carbonyl (C=O) groups is 2. The summed E-state index contributed by atoms with van der Waals surface area (Å²) in [5.74, 6) is 0.319. The van der Waals surface area contributed by atoms with E-state index >= 15 is 0 Å². The molecule has 0 spiro atoms. The van der Waals surface area contributed by atoms with Gasteiger partial charge in [-0.05, 0) is 31.0 Å². The number of likely N-dealkylation sites (tertiary alicyclic amines) is 1. The third-order valence-corrected chi connectivity index (χ3v) is 3.95. The first-order chi connectivity index (χ1) is 10.5. The van der Waals surface area contributed by atoms with E-state index in [1.54, 1.807) is 23.1 Å². The van der Waals surface area contributed by atoms with E-state index in [1.165, 1.54) is 14.2 Å². The highest BCUT2D eigenvalue weighted by atomic mass is 35.5. The Bertz CT molecular complexity index is 556. The van der Waals surface area contributed by atoms with Gasteiger partial charge < -0.3 is 19.7 Å². The van der Waals surface area contributed by atoms with Gasteiger partial charge in [0, 0.05) is 24.0 Å². The molecule has 1 aromatic carbocycles. The smallest absolute Gasteiger partial charge is 0.409 e. The quantitative estimate of drug-likeness (QED) is 0.927. The summed E-state index contributed by atoms with van der Waals surface area (Å²) in [6, 6.07) is 5.06. The maximum absolute atomic E-state index is 12.3. The van der Waals surface area contributed by atoms with Crippen LogP contribution in [-0.4, -0.2) is 44.2 Å². The highest BCUT2D eigenvalue weighted by molar-refractivity contribution is 6.31. The van der Waals surface area contributed by atoms with E-state index in [0.29, 0.717) is 42.4 Å². The van der Waals surface area contributed by atoms with E-state index in [4.69, 9.17) is 16.3 Å². The predicted molar refractivity (Wildman–Crippen MR) is 83.3 cm³/mol. The van der Waals surface area contributed by atoms with Gasteiger partial charge in [-0.3, -0.25) is 4.79 Å². The number of carbonyl (C=O) groups excluding carboxylic acids is 2. The Balaban J connectivity index is 1.96. The molecule has 120 valence electrons. The van der Waals surface area contributed by atoms with Gasteiger partial charge in [0.1, 0.15) is 5.75 Å². The van der Waals surface area contributed by atoms with E-state index < -0.39 is 0 Å². The van der Waals surface area contributed by atoms with Gasteiger partial charge in [-0.1, -0.05) is 11.6 Å². The summed E-state index contributed by atoms with van der Waals surface area (Å²) in [5.41, 5.74) is 0.551. The van der Waals surface area contributed by atoms with Crippen molar-refractivity contribution in [1.82, 2.24) is 4.90 Å². The van der Waals surface area contributed by atoms with Crippen molar-refractivity contribution in [1.29, 1.82) is 0 Å². The minimum atomic E-state index is -0.352. The molecule has 6 nitrogen and oxygen atoms in total. The molecule has 1 fully saturated rings. The topological polar surface area (TPSA) is 67.9 Å². The molecule has 0 saturated carbocycles. The molecule has 1 aliphatic rings. The number of nitrogens with zero attached hydrogens (tertiary/aromatic N) is 1. The summed E-state index contributed by atoms with van der Waals surface area (Å²) in [6.45, 7) is 1.02. The second-order valence-electron chi connectivity index (χ2n) is 5.07. The van der Waals surface area contributed by atoms with Crippen LogP contribution < -0.4 is 10.1 Å². The van der Waals surface area contributed by atoms with E-state index in [0.717, 1.165) is 0 Å². The molecule has 0 aromatic heterocycles. The summed E-state index contributed by atoms with van der Waals surface area (Å²) in [5, 5.41) is 3.37. The van der Waals surface area contributed by atoms with Gasteiger partial charge in [-0.2, -0.15) is 0 Å². The molecule has 22 heavy (non-hydrogen) atoms. The second kappa shape index (κ2) is 7.35. The van der Waals surface area contributed by atoms with Crippen LogP contribution in [0.1, 0.15) is 12.8 Å². The SMILES string of the molecule is COC(=O)N1CCC(C(=O)Nc2cc(Cl)ccc2OC)CC1. The standard InChI is InChI=1S/C15H19ClN2O4/c1-21-13-4-3-11(16)9-12(13)17-14(19)10-5-7-18(8-6-10)15(20)22-2/h3-4,9-10H,5-8H2,1-2H3,(H,17,19). The summed E-state index contributed by atoms with van der Waals surface area (Å²) >= 11 is 5.95. The van der Waals surface area contributed by atoms with Crippen LogP contribution in [0.3, 0.4) is 0 Å². The zero-order valence-corrected chi connectivity index (χ0v) is 13.4. The fourth-order valence-corrected chi connectivity index (χ4v) is 2.64. The first-order valence-corrected chi connectivity index (χ1v) is 7.40. The van der Waals surface area contributed by atoms with Gasteiger partial charge in [0.05, 0.1) is 19.9 Å². The van der Waals surface area contributed by atoms with E-state index in [9.17, 15) is 9.59 Å². The number of rotatable bonds is 3. The first kappa shape index (κ1) is 16.4. The molecule has 1 aliphatic heterocycles. The number of benzene rings is 1. The second-order valence-corrected chi connectivity index (χ2v) is 5.50. The Morgan fingerprint density at radius 2 is 1.95 bits per heavy atom. The van der Waals surface area contributed by atoms with Crippen molar-refractivity contribution in [3.63, 3.8) is 0 Å². The number of methoxy groups -OCH3 is 2. The average Bonchev–Trinajstić information content (AvgIpc) is 2.54. The molecule has 0 unspecified atom stereocenters. The number of nitrogens with one attached hydrogen (secondary N) is 1. The van der Waals surface area contributed by atoms with Crippen molar-refractivity contribution in [2.24, 2.45) is 5.92 Å². The normalized spacial score (nSPS) is 15.3. The van der Waals surface area contributed by atoms with Crippen molar-refractivity contribution < 1.29 is 19.1 Å². The van der Waals surface area contributed by atoms with Crippen LogP contribution in [0.25, 0.3) is 0 Å². The molecule has 0 bridgehead atoms. The zero-order valence-electron chi connectivity index (χ0n) is 12.6. The van der Waals surface area contributed by atoms with Gasteiger partial charge in [0.25, 0.3) is 0 Å². The van der Waals surface area contributed by atoms with Crippen LogP contribution in [0.15, 0.2) is 18.2 Å². The molecule has 0 aliphatic carbocycles. The Labute approximate surface area is 134 Å². The number of ether oxygens (including phenoxy) is 2. The van der Waals surface area contributed by atoms with Gasteiger partial charge in [-0.15, -0.1) is 0 Å². The molecular formula is C15H19ClN2O4. The molecule has 7 heteroatoms.